The summed E-state index contributed by atoms with van der Waals surface area (Å²) >= 11 is 0. The summed E-state index contributed by atoms with van der Waals surface area (Å²) in [6, 6.07) is 25.4. The van der Waals surface area contributed by atoms with Crippen LogP contribution in [0.15, 0.2) is 97.5 Å². The van der Waals surface area contributed by atoms with Gasteiger partial charge in [0.1, 0.15) is 11.5 Å². The van der Waals surface area contributed by atoms with E-state index in [0.29, 0.717) is 0 Å². The standard InChI is InChI=1S/C25H19N3O2/c29-17-18-6-8-19(9-7-18)23-16-28-24(14-27-25(28)15-26-23)20-10-12-22(13-11-20)30-21-4-2-1-3-5-21/h1-16,29H,17H2. The van der Waals surface area contributed by atoms with Gasteiger partial charge in [-0.2, -0.15) is 0 Å². The average molecular weight is 393 g/mol. The molecule has 0 bridgehead atoms. The van der Waals surface area contributed by atoms with E-state index in [4.69, 9.17) is 4.74 Å². The second-order valence-corrected chi connectivity index (χ2v) is 6.94. The van der Waals surface area contributed by atoms with Gasteiger partial charge < -0.3 is 9.84 Å². The predicted molar refractivity (Wildman–Crippen MR) is 116 cm³/mol. The first-order chi connectivity index (χ1) is 14.8. The minimum absolute atomic E-state index is 0.0302. The summed E-state index contributed by atoms with van der Waals surface area (Å²) in [5.74, 6) is 1.59. The van der Waals surface area contributed by atoms with E-state index in [9.17, 15) is 5.11 Å². The number of para-hydroxylation sites is 1. The number of rotatable bonds is 5. The largest absolute Gasteiger partial charge is 0.457 e. The summed E-state index contributed by atoms with van der Waals surface area (Å²) in [6.07, 6.45) is 5.61. The third kappa shape index (κ3) is 3.54. The van der Waals surface area contributed by atoms with Gasteiger partial charge in [0, 0.05) is 17.3 Å². The SMILES string of the molecule is OCc1ccc(-c2cn3c(-c4ccc(Oc5ccccc5)cc4)cnc3cn2)cc1. The number of aliphatic hydroxyl groups excluding tert-OH is 1. The third-order valence-corrected chi connectivity index (χ3v) is 4.96. The number of ether oxygens (including phenoxy) is 1. The molecule has 0 saturated heterocycles. The van der Waals surface area contributed by atoms with Crippen LogP contribution >= 0.6 is 0 Å². The van der Waals surface area contributed by atoms with Gasteiger partial charge in [0.15, 0.2) is 5.65 Å². The lowest BCUT2D eigenvalue weighted by Gasteiger charge is -2.08. The highest BCUT2D eigenvalue weighted by atomic mass is 16.5. The lowest BCUT2D eigenvalue weighted by molar-refractivity contribution is 0.282. The Labute approximate surface area is 173 Å². The van der Waals surface area contributed by atoms with Crippen LogP contribution in [0.5, 0.6) is 11.5 Å². The summed E-state index contributed by atoms with van der Waals surface area (Å²) in [7, 11) is 0. The van der Waals surface area contributed by atoms with Gasteiger partial charge in [0.05, 0.1) is 30.4 Å². The normalized spacial score (nSPS) is 11.0. The number of nitrogens with zero attached hydrogens (tertiary/aromatic N) is 3. The molecule has 5 rings (SSSR count). The Hall–Kier alpha value is -3.96. The van der Waals surface area contributed by atoms with Crippen molar-refractivity contribution in [2.75, 3.05) is 0 Å². The van der Waals surface area contributed by atoms with E-state index in [1.165, 1.54) is 0 Å². The third-order valence-electron chi connectivity index (χ3n) is 4.96. The molecule has 0 saturated carbocycles. The molecule has 0 amide bonds. The average Bonchev–Trinajstić information content (AvgIpc) is 3.24. The van der Waals surface area contributed by atoms with Crippen LogP contribution in [0, 0.1) is 0 Å². The summed E-state index contributed by atoms with van der Waals surface area (Å²) < 4.78 is 7.92. The van der Waals surface area contributed by atoms with Crippen molar-refractivity contribution in [3.05, 3.63) is 103 Å². The van der Waals surface area contributed by atoms with E-state index in [1.807, 2.05) is 95.7 Å². The van der Waals surface area contributed by atoms with Crippen LogP contribution in [0.3, 0.4) is 0 Å². The van der Waals surface area contributed by atoms with Gasteiger partial charge >= 0.3 is 0 Å². The minimum atomic E-state index is 0.0302. The molecule has 5 aromatic rings. The first kappa shape index (κ1) is 18.1. The molecular formula is C25H19N3O2. The fourth-order valence-corrected chi connectivity index (χ4v) is 3.35. The Kier molecular flexibility index (Phi) is 4.71. The molecule has 30 heavy (non-hydrogen) atoms. The molecule has 0 fully saturated rings. The Bertz CT molecular complexity index is 1280. The summed E-state index contributed by atoms with van der Waals surface area (Å²) in [6.45, 7) is 0.0302. The number of hydrogen-bond acceptors (Lipinski definition) is 4. The van der Waals surface area contributed by atoms with Gasteiger partial charge in [-0.15, -0.1) is 0 Å². The molecule has 146 valence electrons. The lowest BCUT2D eigenvalue weighted by Crippen LogP contribution is -1.93. The van der Waals surface area contributed by atoms with Crippen LogP contribution in [0.25, 0.3) is 28.2 Å². The van der Waals surface area contributed by atoms with Crippen molar-refractivity contribution in [3.8, 4) is 34.0 Å². The van der Waals surface area contributed by atoms with E-state index in [2.05, 4.69) is 9.97 Å². The molecule has 5 nitrogen and oxygen atoms in total. The van der Waals surface area contributed by atoms with Gasteiger partial charge in [-0.05, 0) is 42.0 Å². The van der Waals surface area contributed by atoms with Crippen LogP contribution in [-0.4, -0.2) is 19.5 Å². The van der Waals surface area contributed by atoms with E-state index in [-0.39, 0.29) is 6.61 Å². The van der Waals surface area contributed by atoms with Crippen molar-refractivity contribution in [3.63, 3.8) is 0 Å². The minimum Gasteiger partial charge on any atom is -0.457 e. The quantitative estimate of drug-likeness (QED) is 0.437. The zero-order valence-corrected chi connectivity index (χ0v) is 16.1. The predicted octanol–water partition coefficient (Wildman–Crippen LogP) is 5.35. The summed E-state index contributed by atoms with van der Waals surface area (Å²) in [4.78, 5) is 9.02. The topological polar surface area (TPSA) is 59.7 Å². The Balaban J connectivity index is 1.46. The van der Waals surface area contributed by atoms with Crippen molar-refractivity contribution >= 4 is 5.65 Å². The molecule has 0 aliphatic heterocycles. The van der Waals surface area contributed by atoms with Crippen LogP contribution in [0.1, 0.15) is 5.56 Å². The zero-order chi connectivity index (χ0) is 20.3. The molecular weight excluding hydrogens is 374 g/mol. The maximum atomic E-state index is 9.24. The molecule has 0 spiro atoms. The number of aromatic nitrogens is 3. The Morgan fingerprint density at radius 2 is 1.43 bits per heavy atom. The molecule has 2 heterocycles. The molecule has 0 aliphatic carbocycles. The van der Waals surface area contributed by atoms with E-state index in [1.54, 1.807) is 6.20 Å². The van der Waals surface area contributed by atoms with Gasteiger partial charge in [0.2, 0.25) is 0 Å². The van der Waals surface area contributed by atoms with Crippen molar-refractivity contribution in [1.82, 2.24) is 14.4 Å². The fourth-order valence-electron chi connectivity index (χ4n) is 3.35. The number of aliphatic hydroxyl groups is 1. The maximum Gasteiger partial charge on any atom is 0.155 e. The first-order valence-electron chi connectivity index (χ1n) is 9.67. The van der Waals surface area contributed by atoms with Gasteiger partial charge in [-0.3, -0.25) is 9.38 Å². The number of imidazole rings is 1. The smallest absolute Gasteiger partial charge is 0.155 e. The monoisotopic (exact) mass is 393 g/mol. The van der Waals surface area contributed by atoms with Crippen molar-refractivity contribution in [2.45, 2.75) is 6.61 Å². The highest BCUT2D eigenvalue weighted by molar-refractivity contribution is 5.67. The van der Waals surface area contributed by atoms with Gasteiger partial charge in [-0.1, -0.05) is 42.5 Å². The molecule has 0 atom stereocenters. The zero-order valence-electron chi connectivity index (χ0n) is 16.1. The number of hydrogen-bond donors (Lipinski definition) is 1. The van der Waals surface area contributed by atoms with Crippen molar-refractivity contribution in [1.29, 1.82) is 0 Å². The molecule has 0 aliphatic rings. The van der Waals surface area contributed by atoms with Gasteiger partial charge in [-0.25, -0.2) is 4.98 Å². The van der Waals surface area contributed by atoms with Crippen LogP contribution in [0.2, 0.25) is 0 Å². The Morgan fingerprint density at radius 3 is 2.17 bits per heavy atom. The van der Waals surface area contributed by atoms with E-state index < -0.39 is 0 Å². The van der Waals surface area contributed by atoms with E-state index >= 15 is 0 Å². The van der Waals surface area contributed by atoms with Gasteiger partial charge in [0.25, 0.3) is 0 Å². The molecule has 0 radical (unpaired) electrons. The molecule has 2 aromatic heterocycles. The van der Waals surface area contributed by atoms with Crippen molar-refractivity contribution < 1.29 is 9.84 Å². The van der Waals surface area contributed by atoms with Crippen LogP contribution in [-0.2, 0) is 6.61 Å². The molecule has 1 N–H and O–H groups in total. The summed E-state index contributed by atoms with van der Waals surface area (Å²) in [5, 5.41) is 9.24. The van der Waals surface area contributed by atoms with Crippen LogP contribution in [0.4, 0.5) is 0 Å². The molecule has 5 heteroatoms. The summed E-state index contributed by atoms with van der Waals surface area (Å²) in [5.41, 5.74) is 5.50. The second-order valence-electron chi connectivity index (χ2n) is 6.94. The first-order valence-corrected chi connectivity index (χ1v) is 9.67. The van der Waals surface area contributed by atoms with Crippen molar-refractivity contribution in [2.24, 2.45) is 0 Å². The molecule has 3 aromatic carbocycles. The lowest BCUT2D eigenvalue weighted by atomic mass is 10.1. The highest BCUT2D eigenvalue weighted by Gasteiger charge is 2.09. The number of fused-ring (bicyclic) bond motifs is 1. The fraction of sp³-hybridized carbons (Fsp3) is 0.0400. The Morgan fingerprint density at radius 1 is 0.733 bits per heavy atom. The molecule has 0 unspecified atom stereocenters. The van der Waals surface area contributed by atoms with E-state index in [0.717, 1.165) is 45.2 Å². The number of benzene rings is 3. The highest BCUT2D eigenvalue weighted by Crippen LogP contribution is 2.27. The van der Waals surface area contributed by atoms with Crippen LogP contribution < -0.4 is 4.74 Å². The second kappa shape index (κ2) is 7.81. The maximum absolute atomic E-state index is 9.24.